The van der Waals surface area contributed by atoms with Crippen molar-refractivity contribution in [3.8, 4) is 0 Å². The van der Waals surface area contributed by atoms with Crippen molar-refractivity contribution in [2.24, 2.45) is 16.7 Å². The van der Waals surface area contributed by atoms with Crippen LogP contribution in [-0.2, 0) is 0 Å². The van der Waals surface area contributed by atoms with Gasteiger partial charge in [0.05, 0.1) is 0 Å². The summed E-state index contributed by atoms with van der Waals surface area (Å²) in [5.41, 5.74) is 3.85. The van der Waals surface area contributed by atoms with Crippen LogP contribution < -0.4 is 0 Å². The van der Waals surface area contributed by atoms with E-state index in [0.717, 1.165) is 12.5 Å². The normalized spacial score (nSPS) is 22.1. The second-order valence-electron chi connectivity index (χ2n) is 19.5. The minimum atomic E-state index is 0.319. The molecule has 0 saturated carbocycles. The molecule has 2 fully saturated rings. The monoisotopic (exact) mass is 591 g/mol. The summed E-state index contributed by atoms with van der Waals surface area (Å²) in [5, 5.41) is 0. The lowest BCUT2D eigenvalue weighted by atomic mass is 9.75. The summed E-state index contributed by atoms with van der Waals surface area (Å²) < 4.78 is 0. The highest BCUT2D eigenvalue weighted by Gasteiger charge is 2.33. The van der Waals surface area contributed by atoms with Gasteiger partial charge in [-0.3, -0.25) is 19.6 Å². The van der Waals surface area contributed by atoms with Gasteiger partial charge in [0.1, 0.15) is 0 Å². The van der Waals surface area contributed by atoms with Crippen molar-refractivity contribution in [1.82, 2.24) is 19.6 Å². The van der Waals surface area contributed by atoms with Crippen LogP contribution in [0.15, 0.2) is 11.6 Å². The molecule has 0 radical (unpaired) electrons. The number of piperazine rings is 1. The molecule has 3 aliphatic rings. The number of hydrogen-bond acceptors (Lipinski definition) is 4. The van der Waals surface area contributed by atoms with E-state index >= 15 is 0 Å². The highest BCUT2D eigenvalue weighted by Crippen LogP contribution is 2.36. The van der Waals surface area contributed by atoms with Crippen molar-refractivity contribution in [2.45, 2.75) is 166 Å². The van der Waals surface area contributed by atoms with E-state index in [-0.39, 0.29) is 0 Å². The molecule has 3 rings (SSSR count). The van der Waals surface area contributed by atoms with E-state index in [1.807, 2.05) is 0 Å². The van der Waals surface area contributed by atoms with Gasteiger partial charge in [-0.05, 0) is 132 Å². The minimum Gasteiger partial charge on any atom is -0.298 e. The molecule has 0 atom stereocenters. The van der Waals surface area contributed by atoms with Crippen molar-refractivity contribution >= 4 is 0 Å². The molecule has 4 heteroatoms. The second kappa shape index (κ2) is 14.8. The van der Waals surface area contributed by atoms with E-state index in [1.165, 1.54) is 65.1 Å². The summed E-state index contributed by atoms with van der Waals surface area (Å²) in [6.07, 6.45) is 6.41. The van der Waals surface area contributed by atoms with Gasteiger partial charge in [0, 0.05) is 61.4 Å². The first-order chi connectivity index (χ1) is 18.6. The standard InChI is InChI=1S/C13H27N.C13H25N.C12H26N2/c2*1-12(2,3)11-7-9-14(10-8-11)13(4,5)6;1-11(2,3)13-7-9-14(10-8-13)12(4,5)6/h11H,7-10H2,1-6H3;7H,8-10H2,1-6H3;7-10H2,1-6H3. The molecule has 0 bridgehead atoms. The van der Waals surface area contributed by atoms with Crippen LogP contribution >= 0.6 is 0 Å². The van der Waals surface area contributed by atoms with E-state index in [2.05, 4.69) is 150 Å². The number of nitrogens with zero attached hydrogens (tertiary/aromatic N) is 4. The largest absolute Gasteiger partial charge is 0.298 e. The molecule has 0 unspecified atom stereocenters. The van der Waals surface area contributed by atoms with Crippen LogP contribution in [0.5, 0.6) is 0 Å². The van der Waals surface area contributed by atoms with Crippen molar-refractivity contribution in [3.63, 3.8) is 0 Å². The molecule has 3 heterocycles. The highest BCUT2D eigenvalue weighted by molar-refractivity contribution is 5.15. The average Bonchev–Trinajstić information content (AvgIpc) is 2.82. The first-order valence-corrected chi connectivity index (χ1v) is 17.3. The maximum absolute atomic E-state index is 2.62. The smallest absolute Gasteiger partial charge is 0.0171 e. The van der Waals surface area contributed by atoms with Crippen molar-refractivity contribution < 1.29 is 0 Å². The van der Waals surface area contributed by atoms with Gasteiger partial charge in [-0.25, -0.2) is 0 Å². The molecule has 2 saturated heterocycles. The maximum Gasteiger partial charge on any atom is 0.0171 e. The zero-order chi connectivity index (χ0) is 32.9. The predicted octanol–water partition coefficient (Wildman–Crippen LogP) is 9.21. The number of piperidine rings is 1. The van der Waals surface area contributed by atoms with Crippen LogP contribution in [0, 0.1) is 16.7 Å². The quantitative estimate of drug-likeness (QED) is 0.261. The molecule has 42 heavy (non-hydrogen) atoms. The Morgan fingerprint density at radius 3 is 1.02 bits per heavy atom. The number of hydrogen-bond donors (Lipinski definition) is 0. The van der Waals surface area contributed by atoms with Crippen LogP contribution in [0.25, 0.3) is 0 Å². The van der Waals surface area contributed by atoms with Gasteiger partial charge in [-0.2, -0.15) is 0 Å². The Kier molecular flexibility index (Phi) is 13.9. The van der Waals surface area contributed by atoms with Gasteiger partial charge in [-0.15, -0.1) is 0 Å². The molecule has 3 aliphatic heterocycles. The first kappa shape index (κ1) is 39.6. The Bertz CT molecular complexity index is 710. The third-order valence-corrected chi connectivity index (χ3v) is 9.97. The summed E-state index contributed by atoms with van der Waals surface area (Å²) in [6.45, 7) is 51.5. The third kappa shape index (κ3) is 13.7. The fourth-order valence-corrected chi connectivity index (χ4v) is 6.42. The molecule has 0 aromatic heterocycles. The Balaban J connectivity index is 0.000000315. The molecule has 0 spiro atoms. The van der Waals surface area contributed by atoms with Crippen LogP contribution in [0.3, 0.4) is 0 Å². The summed E-state index contributed by atoms with van der Waals surface area (Å²) in [6, 6.07) is 0. The Morgan fingerprint density at radius 1 is 0.452 bits per heavy atom. The minimum absolute atomic E-state index is 0.319. The van der Waals surface area contributed by atoms with Crippen molar-refractivity contribution in [1.29, 1.82) is 0 Å². The Labute approximate surface area is 266 Å². The average molecular weight is 591 g/mol. The predicted molar refractivity (Wildman–Crippen MR) is 190 cm³/mol. The van der Waals surface area contributed by atoms with Gasteiger partial charge in [0.15, 0.2) is 0 Å². The summed E-state index contributed by atoms with van der Waals surface area (Å²) in [5.74, 6) is 0.918. The van der Waals surface area contributed by atoms with Crippen molar-refractivity contribution in [2.75, 3.05) is 52.4 Å². The molecule has 0 amide bonds. The fourth-order valence-electron chi connectivity index (χ4n) is 6.42. The van der Waals surface area contributed by atoms with E-state index in [9.17, 15) is 0 Å². The molecule has 0 aromatic rings. The molecule has 0 N–H and O–H groups in total. The van der Waals surface area contributed by atoms with Gasteiger partial charge < -0.3 is 0 Å². The van der Waals surface area contributed by atoms with E-state index in [1.54, 1.807) is 5.57 Å². The lowest BCUT2D eigenvalue weighted by Crippen LogP contribution is -2.57. The molecule has 0 aliphatic carbocycles. The fraction of sp³-hybridized carbons (Fsp3) is 0.947. The lowest BCUT2D eigenvalue weighted by Gasteiger charge is -2.46. The summed E-state index contributed by atoms with van der Waals surface area (Å²) in [7, 11) is 0. The van der Waals surface area contributed by atoms with E-state index in [4.69, 9.17) is 0 Å². The SMILES string of the molecule is CC(C)(C)C1=CCN(C(C)(C)C)CC1.CC(C)(C)C1CCN(C(C)(C)C)CC1.CC(C)(C)N1CCN(C(C)(C)C)CC1. The lowest BCUT2D eigenvalue weighted by molar-refractivity contribution is 0.0211. The highest BCUT2D eigenvalue weighted by atomic mass is 15.3. The Morgan fingerprint density at radius 2 is 0.786 bits per heavy atom. The first-order valence-electron chi connectivity index (χ1n) is 17.3. The zero-order valence-electron chi connectivity index (χ0n) is 32.2. The summed E-state index contributed by atoms with van der Waals surface area (Å²) >= 11 is 0. The topological polar surface area (TPSA) is 13.0 Å². The van der Waals surface area contributed by atoms with Gasteiger partial charge in [-0.1, -0.05) is 53.2 Å². The molecular weight excluding hydrogens is 512 g/mol. The van der Waals surface area contributed by atoms with Crippen LogP contribution in [-0.4, -0.2) is 94.1 Å². The van der Waals surface area contributed by atoms with Gasteiger partial charge >= 0.3 is 0 Å². The zero-order valence-corrected chi connectivity index (χ0v) is 32.2. The van der Waals surface area contributed by atoms with Gasteiger partial charge in [0.2, 0.25) is 0 Å². The Hall–Kier alpha value is -0.420. The number of likely N-dealkylation sites (tertiary alicyclic amines) is 1. The van der Waals surface area contributed by atoms with Gasteiger partial charge in [0.25, 0.3) is 0 Å². The molecule has 4 nitrogen and oxygen atoms in total. The summed E-state index contributed by atoms with van der Waals surface area (Å²) in [4.78, 5) is 10.3. The molecule has 250 valence electrons. The van der Waals surface area contributed by atoms with Crippen molar-refractivity contribution in [3.05, 3.63) is 11.6 Å². The number of rotatable bonds is 0. The van der Waals surface area contributed by atoms with E-state index in [0.29, 0.717) is 33.0 Å². The van der Waals surface area contributed by atoms with Crippen LogP contribution in [0.2, 0.25) is 0 Å². The van der Waals surface area contributed by atoms with E-state index < -0.39 is 0 Å². The second-order valence-corrected chi connectivity index (χ2v) is 19.5. The molecule has 0 aromatic carbocycles. The van der Waals surface area contributed by atoms with Crippen LogP contribution in [0.1, 0.15) is 144 Å². The molecular formula is C38H78N4. The third-order valence-electron chi connectivity index (χ3n) is 9.97. The van der Waals surface area contributed by atoms with Crippen LogP contribution in [0.4, 0.5) is 0 Å². The maximum atomic E-state index is 2.62.